The van der Waals surface area contributed by atoms with Crippen LogP contribution >= 0.6 is 8.00 Å². The lowest BCUT2D eigenvalue weighted by molar-refractivity contribution is -0.172. The summed E-state index contributed by atoms with van der Waals surface area (Å²) in [7, 11) is -1.59. The highest BCUT2D eigenvalue weighted by Gasteiger charge is 1.97. The molecule has 0 saturated carbocycles. The van der Waals surface area contributed by atoms with E-state index in [1.165, 1.54) is 5.56 Å². The molecule has 0 heterocycles. The summed E-state index contributed by atoms with van der Waals surface area (Å²) in [6, 6.07) is 9.97. The van der Waals surface area contributed by atoms with Crippen molar-refractivity contribution in [2.24, 2.45) is 0 Å². The van der Waals surface area contributed by atoms with E-state index >= 15 is 0 Å². The molecule has 0 spiro atoms. The first kappa shape index (κ1) is 12.4. The molecule has 0 radical (unpaired) electrons. The normalized spacial score (nSPS) is 11.7. The summed E-state index contributed by atoms with van der Waals surface area (Å²) < 4.78 is 5.16. The van der Waals surface area contributed by atoms with Gasteiger partial charge >= 0.3 is 0 Å². The minimum Gasteiger partial charge on any atom is -0.603 e. The number of rotatable bonds is 6. The van der Waals surface area contributed by atoms with E-state index in [1.807, 2.05) is 30.3 Å². The zero-order chi connectivity index (χ0) is 10.9. The van der Waals surface area contributed by atoms with Crippen LogP contribution in [0.25, 0.3) is 0 Å². The molecular weight excluding hydrogens is 207 g/mol. The number of hydrogen-bond acceptors (Lipinski definition) is 2. The van der Waals surface area contributed by atoms with Gasteiger partial charge in [0.2, 0.25) is 8.00 Å². The molecule has 0 aliphatic heterocycles. The molecule has 82 valence electrons. The molecule has 0 bridgehead atoms. The fourth-order valence-corrected chi connectivity index (χ4v) is 1.92. The average molecular weight is 224 g/mol. The first-order valence-corrected chi connectivity index (χ1v) is 6.54. The Balaban J connectivity index is 2.31. The molecule has 3 heteroatoms. The van der Waals surface area contributed by atoms with Gasteiger partial charge in [0.15, 0.2) is 0 Å². The largest absolute Gasteiger partial charge is 0.603 e. The maximum atomic E-state index is 11.4. The maximum absolute atomic E-state index is 11.4. The molecule has 0 aliphatic rings. The van der Waals surface area contributed by atoms with E-state index in [9.17, 15) is 4.89 Å². The molecule has 2 nitrogen and oxygen atoms in total. The van der Waals surface area contributed by atoms with Gasteiger partial charge in [-0.25, -0.2) is 0 Å². The fourth-order valence-electron chi connectivity index (χ4n) is 1.15. The summed E-state index contributed by atoms with van der Waals surface area (Å²) in [6.07, 6.45) is 2.75. The third-order valence-corrected chi connectivity index (χ3v) is 2.95. The van der Waals surface area contributed by atoms with Gasteiger partial charge in [0.25, 0.3) is 0 Å². The summed E-state index contributed by atoms with van der Waals surface area (Å²) in [5.41, 5.74) is 1.17. The van der Waals surface area contributed by atoms with Crippen molar-refractivity contribution in [1.82, 2.24) is 0 Å². The smallest absolute Gasteiger partial charge is 0.217 e. The molecule has 0 N–H and O–H groups in total. The van der Waals surface area contributed by atoms with Crippen molar-refractivity contribution in [1.29, 1.82) is 0 Å². The molecule has 0 aliphatic carbocycles. The van der Waals surface area contributed by atoms with Crippen LogP contribution in [-0.2, 0) is 10.9 Å². The van der Waals surface area contributed by atoms with Crippen molar-refractivity contribution in [2.75, 3.05) is 6.61 Å². The Kier molecular flexibility index (Phi) is 6.26. The van der Waals surface area contributed by atoms with Gasteiger partial charge in [-0.1, -0.05) is 43.7 Å². The highest BCUT2D eigenvalue weighted by molar-refractivity contribution is 7.44. The van der Waals surface area contributed by atoms with Crippen LogP contribution in [0.1, 0.15) is 25.3 Å². The van der Waals surface area contributed by atoms with Crippen LogP contribution in [0.3, 0.4) is 0 Å². The zero-order valence-corrected chi connectivity index (χ0v) is 9.95. The second kappa shape index (κ2) is 7.58. The van der Waals surface area contributed by atoms with Gasteiger partial charge < -0.3 is 4.89 Å². The molecule has 1 atom stereocenters. The van der Waals surface area contributed by atoms with Gasteiger partial charge in [-0.15, -0.1) is 0 Å². The Morgan fingerprint density at radius 1 is 1.33 bits per heavy atom. The Labute approximate surface area is 92.5 Å². The molecule has 0 saturated heterocycles. The van der Waals surface area contributed by atoms with Gasteiger partial charge in [0.1, 0.15) is 5.80 Å². The zero-order valence-electron chi connectivity index (χ0n) is 9.06. The molecule has 0 fully saturated rings. The summed E-state index contributed by atoms with van der Waals surface area (Å²) in [5.74, 6) is 1.74. The van der Waals surface area contributed by atoms with Crippen molar-refractivity contribution < 1.29 is 9.42 Å². The molecule has 15 heavy (non-hydrogen) atoms. The summed E-state index contributed by atoms with van der Waals surface area (Å²) in [4.78, 5) is 11.4. The predicted octanol–water partition coefficient (Wildman–Crippen LogP) is 2.52. The van der Waals surface area contributed by atoms with Gasteiger partial charge in [-0.3, -0.25) is 0 Å². The van der Waals surface area contributed by atoms with Gasteiger partial charge in [0, 0.05) is 6.42 Å². The quantitative estimate of drug-likeness (QED) is 0.549. The summed E-state index contributed by atoms with van der Waals surface area (Å²) >= 11 is 0. The maximum Gasteiger partial charge on any atom is 0.217 e. The number of benzene rings is 1. The van der Waals surface area contributed by atoms with Crippen molar-refractivity contribution in [3.8, 4) is 0 Å². The van der Waals surface area contributed by atoms with Gasteiger partial charge in [-0.2, -0.15) is 4.52 Å². The molecular formula is C12H17O2P. The van der Waals surface area contributed by atoms with Crippen LogP contribution < -0.4 is 4.89 Å². The van der Waals surface area contributed by atoms with E-state index < -0.39 is 8.00 Å². The minimum absolute atomic E-state index is 0.594. The summed E-state index contributed by atoms with van der Waals surface area (Å²) in [6.45, 7) is 2.68. The van der Waals surface area contributed by atoms with Gasteiger partial charge in [0.05, 0.1) is 6.61 Å². The SMILES string of the molecule is CCCCO[P+]([O-])=CCc1ccccc1. The monoisotopic (exact) mass is 224 g/mol. The van der Waals surface area contributed by atoms with Crippen LogP contribution in [0.2, 0.25) is 0 Å². The van der Waals surface area contributed by atoms with Crippen molar-refractivity contribution in [3.05, 3.63) is 35.9 Å². The van der Waals surface area contributed by atoms with Crippen molar-refractivity contribution >= 4 is 13.8 Å². The van der Waals surface area contributed by atoms with E-state index in [-0.39, 0.29) is 0 Å². The first-order chi connectivity index (χ1) is 7.33. The third-order valence-electron chi connectivity index (χ3n) is 2.04. The van der Waals surface area contributed by atoms with E-state index in [2.05, 4.69) is 6.92 Å². The third kappa shape index (κ3) is 5.68. The van der Waals surface area contributed by atoms with Crippen molar-refractivity contribution in [2.45, 2.75) is 26.2 Å². The van der Waals surface area contributed by atoms with E-state index in [4.69, 9.17) is 4.52 Å². The van der Waals surface area contributed by atoms with Crippen LogP contribution in [0.5, 0.6) is 0 Å². The highest BCUT2D eigenvalue weighted by Crippen LogP contribution is 2.13. The van der Waals surface area contributed by atoms with E-state index in [0.717, 1.165) is 12.8 Å². The van der Waals surface area contributed by atoms with Crippen LogP contribution in [0.4, 0.5) is 0 Å². The molecule has 1 aromatic rings. The first-order valence-electron chi connectivity index (χ1n) is 5.29. The van der Waals surface area contributed by atoms with Crippen LogP contribution in [0.15, 0.2) is 30.3 Å². The Morgan fingerprint density at radius 3 is 2.73 bits per heavy atom. The van der Waals surface area contributed by atoms with Crippen LogP contribution in [0, 0.1) is 0 Å². The highest BCUT2D eigenvalue weighted by atomic mass is 31.1. The average Bonchev–Trinajstić information content (AvgIpc) is 2.28. The molecule has 1 rings (SSSR count). The molecule has 0 aromatic heterocycles. The Morgan fingerprint density at radius 2 is 2.07 bits per heavy atom. The number of hydrogen-bond donors (Lipinski definition) is 0. The summed E-state index contributed by atoms with van der Waals surface area (Å²) in [5, 5.41) is 0. The predicted molar refractivity (Wildman–Crippen MR) is 64.0 cm³/mol. The lowest BCUT2D eigenvalue weighted by atomic mass is 10.2. The Hall–Kier alpha value is -0.690. The Bertz CT molecular complexity index is 296. The van der Waals surface area contributed by atoms with Crippen LogP contribution in [-0.4, -0.2) is 12.4 Å². The van der Waals surface area contributed by atoms with Gasteiger partial charge in [-0.05, 0) is 12.0 Å². The minimum atomic E-state index is -1.59. The lowest BCUT2D eigenvalue weighted by Gasteiger charge is -1.98. The molecule has 1 aromatic carbocycles. The topological polar surface area (TPSA) is 32.3 Å². The number of unbranched alkanes of at least 4 members (excludes halogenated alkanes) is 1. The van der Waals surface area contributed by atoms with Crippen molar-refractivity contribution in [3.63, 3.8) is 0 Å². The molecule has 1 unspecified atom stereocenters. The van der Waals surface area contributed by atoms with E-state index in [1.54, 1.807) is 5.80 Å². The fraction of sp³-hybridized carbons (Fsp3) is 0.417. The lowest BCUT2D eigenvalue weighted by Crippen LogP contribution is -1.98. The second-order valence-corrected chi connectivity index (χ2v) is 4.54. The second-order valence-electron chi connectivity index (χ2n) is 3.34. The molecule has 0 amide bonds. The van der Waals surface area contributed by atoms with E-state index in [0.29, 0.717) is 13.0 Å². The standard InChI is InChI=1S/C12H17O2P/c1-2-3-10-14-15(13)11-9-12-7-5-4-6-8-12/h4-8,11H,2-3,9-10H2,1H3.